The summed E-state index contributed by atoms with van der Waals surface area (Å²) >= 11 is 1.09. The second kappa shape index (κ2) is 5.55. The van der Waals surface area contributed by atoms with E-state index in [1.54, 1.807) is 0 Å². The SMILES string of the molecule is CC(C)CONC(=O)c1snnc1C(C)(C)C. The Morgan fingerprint density at radius 2 is 2.12 bits per heavy atom. The number of hydrogen-bond acceptors (Lipinski definition) is 5. The van der Waals surface area contributed by atoms with Gasteiger partial charge in [0.2, 0.25) is 0 Å². The number of hydrogen-bond donors (Lipinski definition) is 1. The summed E-state index contributed by atoms with van der Waals surface area (Å²) in [5.74, 6) is 0.0996. The highest BCUT2D eigenvalue weighted by atomic mass is 32.1. The van der Waals surface area contributed by atoms with Gasteiger partial charge < -0.3 is 0 Å². The maximum Gasteiger partial charge on any atom is 0.288 e. The zero-order valence-corrected chi connectivity index (χ0v) is 11.7. The fraction of sp³-hybridized carbons (Fsp3) is 0.727. The molecule has 0 aliphatic rings. The highest BCUT2D eigenvalue weighted by molar-refractivity contribution is 7.08. The quantitative estimate of drug-likeness (QED) is 0.839. The van der Waals surface area contributed by atoms with Crippen molar-refractivity contribution in [3.05, 3.63) is 10.6 Å². The van der Waals surface area contributed by atoms with Crippen LogP contribution in [0.5, 0.6) is 0 Å². The van der Waals surface area contributed by atoms with E-state index in [-0.39, 0.29) is 11.3 Å². The van der Waals surface area contributed by atoms with Crippen molar-refractivity contribution in [1.29, 1.82) is 0 Å². The molecule has 1 amide bonds. The number of amides is 1. The van der Waals surface area contributed by atoms with Crippen molar-refractivity contribution < 1.29 is 9.63 Å². The van der Waals surface area contributed by atoms with Gasteiger partial charge in [-0.25, -0.2) is 5.48 Å². The molecule has 0 saturated heterocycles. The Morgan fingerprint density at radius 3 is 2.65 bits per heavy atom. The fourth-order valence-corrected chi connectivity index (χ4v) is 1.91. The zero-order valence-electron chi connectivity index (χ0n) is 10.9. The summed E-state index contributed by atoms with van der Waals surface area (Å²) in [5, 5.41) is 4.00. The molecule has 6 heteroatoms. The molecule has 0 aliphatic heterocycles. The van der Waals surface area contributed by atoms with Crippen molar-refractivity contribution in [1.82, 2.24) is 15.1 Å². The molecule has 1 rings (SSSR count). The molecule has 0 radical (unpaired) electrons. The monoisotopic (exact) mass is 257 g/mol. The van der Waals surface area contributed by atoms with Gasteiger partial charge in [-0.2, -0.15) is 0 Å². The molecule has 17 heavy (non-hydrogen) atoms. The van der Waals surface area contributed by atoms with E-state index in [1.165, 1.54) is 0 Å². The van der Waals surface area contributed by atoms with E-state index in [2.05, 4.69) is 15.1 Å². The molecule has 0 saturated carbocycles. The average Bonchev–Trinajstić information content (AvgIpc) is 2.64. The van der Waals surface area contributed by atoms with Crippen LogP contribution in [0.25, 0.3) is 0 Å². The molecular formula is C11H19N3O2S. The van der Waals surface area contributed by atoms with Gasteiger partial charge in [0.15, 0.2) is 0 Å². The minimum atomic E-state index is -0.273. The van der Waals surface area contributed by atoms with Crippen molar-refractivity contribution in [2.24, 2.45) is 5.92 Å². The minimum absolute atomic E-state index is 0.197. The highest BCUT2D eigenvalue weighted by Gasteiger charge is 2.26. The normalized spacial score (nSPS) is 11.9. The smallest absolute Gasteiger partial charge is 0.273 e. The van der Waals surface area contributed by atoms with E-state index in [0.29, 0.717) is 23.1 Å². The first-order valence-electron chi connectivity index (χ1n) is 5.57. The molecule has 0 bridgehead atoms. The second-order valence-electron chi connectivity index (χ2n) is 5.34. The van der Waals surface area contributed by atoms with Crippen LogP contribution in [0, 0.1) is 5.92 Å². The van der Waals surface area contributed by atoms with Gasteiger partial charge in [-0.15, -0.1) is 5.10 Å². The number of rotatable bonds is 4. The van der Waals surface area contributed by atoms with Crippen LogP contribution < -0.4 is 5.48 Å². The van der Waals surface area contributed by atoms with Crippen molar-refractivity contribution in [2.75, 3.05) is 6.61 Å². The number of aromatic nitrogens is 2. The van der Waals surface area contributed by atoms with Gasteiger partial charge >= 0.3 is 0 Å². The molecule has 0 aliphatic carbocycles. The van der Waals surface area contributed by atoms with Gasteiger partial charge in [0.25, 0.3) is 5.91 Å². The molecule has 1 heterocycles. The van der Waals surface area contributed by atoms with Crippen molar-refractivity contribution in [3.63, 3.8) is 0 Å². The Balaban J connectivity index is 2.67. The van der Waals surface area contributed by atoms with Crippen LogP contribution in [0.1, 0.15) is 50.0 Å². The lowest BCUT2D eigenvalue weighted by molar-refractivity contribution is 0.0210. The number of carbonyl (C=O) groups is 1. The van der Waals surface area contributed by atoms with E-state index < -0.39 is 0 Å². The molecule has 96 valence electrons. The van der Waals surface area contributed by atoms with Gasteiger partial charge in [-0.1, -0.05) is 39.1 Å². The molecule has 0 atom stereocenters. The lowest BCUT2D eigenvalue weighted by Gasteiger charge is -2.16. The lowest BCUT2D eigenvalue weighted by Crippen LogP contribution is -2.27. The summed E-state index contributed by atoms with van der Waals surface area (Å²) in [7, 11) is 0. The summed E-state index contributed by atoms with van der Waals surface area (Å²) in [4.78, 5) is 17.5. The summed E-state index contributed by atoms with van der Waals surface area (Å²) in [6.45, 7) is 10.5. The van der Waals surface area contributed by atoms with Gasteiger partial charge in [-0.05, 0) is 17.5 Å². The van der Waals surface area contributed by atoms with Crippen LogP contribution in [0.15, 0.2) is 0 Å². The van der Waals surface area contributed by atoms with Crippen molar-refractivity contribution in [3.8, 4) is 0 Å². The first-order valence-corrected chi connectivity index (χ1v) is 6.34. The van der Waals surface area contributed by atoms with E-state index in [1.807, 2.05) is 34.6 Å². The summed E-state index contributed by atoms with van der Waals surface area (Å²) in [6, 6.07) is 0. The van der Waals surface area contributed by atoms with E-state index in [9.17, 15) is 4.79 Å². The largest absolute Gasteiger partial charge is 0.288 e. The Kier molecular flexibility index (Phi) is 4.59. The van der Waals surface area contributed by atoms with Crippen LogP contribution in [0.4, 0.5) is 0 Å². The molecule has 1 aromatic rings. The van der Waals surface area contributed by atoms with Crippen LogP contribution in [-0.4, -0.2) is 22.1 Å². The predicted molar refractivity (Wildman–Crippen MR) is 66.9 cm³/mol. The number of hydroxylamine groups is 1. The Morgan fingerprint density at radius 1 is 1.47 bits per heavy atom. The zero-order chi connectivity index (χ0) is 13.1. The van der Waals surface area contributed by atoms with Gasteiger partial charge in [0.05, 0.1) is 12.3 Å². The number of carbonyl (C=O) groups excluding carboxylic acids is 1. The van der Waals surface area contributed by atoms with Gasteiger partial charge in [0, 0.05) is 5.41 Å². The molecule has 0 aromatic carbocycles. The number of nitrogens with zero attached hydrogens (tertiary/aromatic N) is 2. The van der Waals surface area contributed by atoms with Crippen LogP contribution in [-0.2, 0) is 10.3 Å². The summed E-state index contributed by atoms with van der Waals surface area (Å²) in [5.41, 5.74) is 2.93. The second-order valence-corrected chi connectivity index (χ2v) is 6.09. The lowest BCUT2D eigenvalue weighted by atomic mass is 9.91. The number of nitrogens with one attached hydrogen (secondary N) is 1. The molecular weight excluding hydrogens is 238 g/mol. The van der Waals surface area contributed by atoms with E-state index in [4.69, 9.17) is 4.84 Å². The highest BCUT2D eigenvalue weighted by Crippen LogP contribution is 2.25. The molecule has 0 spiro atoms. The topological polar surface area (TPSA) is 64.1 Å². The predicted octanol–water partition coefficient (Wildman–Crippen LogP) is 2.15. The third kappa shape index (κ3) is 4.05. The van der Waals surface area contributed by atoms with Gasteiger partial charge in [-0.3, -0.25) is 9.63 Å². The Labute approximate surface area is 106 Å². The molecule has 1 aromatic heterocycles. The molecule has 5 nitrogen and oxygen atoms in total. The Hall–Kier alpha value is -1.01. The molecule has 1 N–H and O–H groups in total. The maximum atomic E-state index is 11.8. The first kappa shape index (κ1) is 14.1. The fourth-order valence-electron chi connectivity index (χ4n) is 1.15. The summed E-state index contributed by atoms with van der Waals surface area (Å²) < 4.78 is 3.83. The average molecular weight is 257 g/mol. The van der Waals surface area contributed by atoms with Gasteiger partial charge in [0.1, 0.15) is 4.88 Å². The molecule has 0 fully saturated rings. The first-order chi connectivity index (χ1) is 7.82. The Bertz CT molecular complexity index is 382. The third-order valence-electron chi connectivity index (χ3n) is 1.99. The van der Waals surface area contributed by atoms with E-state index in [0.717, 1.165) is 11.5 Å². The van der Waals surface area contributed by atoms with Crippen molar-refractivity contribution in [2.45, 2.75) is 40.0 Å². The van der Waals surface area contributed by atoms with Crippen molar-refractivity contribution >= 4 is 17.4 Å². The third-order valence-corrected chi connectivity index (χ3v) is 2.71. The minimum Gasteiger partial charge on any atom is -0.273 e. The standard InChI is InChI=1S/C11H19N3O2S/c1-7(2)6-16-13-10(15)8-9(11(3,4)5)12-14-17-8/h7H,6H2,1-5H3,(H,13,15). The van der Waals surface area contributed by atoms with Crippen LogP contribution in [0.2, 0.25) is 0 Å². The molecule has 0 unspecified atom stereocenters. The van der Waals surface area contributed by atoms with Crippen LogP contribution in [0.3, 0.4) is 0 Å². The van der Waals surface area contributed by atoms with Crippen LogP contribution >= 0.6 is 11.5 Å². The maximum absolute atomic E-state index is 11.8. The van der Waals surface area contributed by atoms with E-state index >= 15 is 0 Å². The summed E-state index contributed by atoms with van der Waals surface area (Å²) in [6.07, 6.45) is 0.